The van der Waals surface area contributed by atoms with Crippen LogP contribution in [0.4, 0.5) is 13.2 Å². The van der Waals surface area contributed by atoms with E-state index in [9.17, 15) is 13.2 Å². The van der Waals surface area contributed by atoms with Crippen molar-refractivity contribution in [1.82, 2.24) is 15.6 Å². The van der Waals surface area contributed by atoms with E-state index in [4.69, 9.17) is 4.99 Å². The van der Waals surface area contributed by atoms with Crippen molar-refractivity contribution in [3.8, 4) is 0 Å². The topological polar surface area (TPSA) is 61.7 Å². The molecule has 8 heteroatoms. The van der Waals surface area contributed by atoms with E-state index in [0.29, 0.717) is 35.8 Å². The lowest BCUT2D eigenvalue weighted by Crippen LogP contribution is -2.52. The molecule has 0 fully saturated rings. The van der Waals surface area contributed by atoms with Crippen molar-refractivity contribution in [2.75, 3.05) is 0 Å². The van der Waals surface area contributed by atoms with Crippen LogP contribution < -0.4 is 10.6 Å². The van der Waals surface area contributed by atoms with Crippen LogP contribution in [-0.4, -0.2) is 28.5 Å². The van der Waals surface area contributed by atoms with Gasteiger partial charge in [0.1, 0.15) is 17.2 Å². The highest BCUT2D eigenvalue weighted by Gasteiger charge is 2.34. The summed E-state index contributed by atoms with van der Waals surface area (Å²) in [5.74, 6) is 1.42. The number of alkyl halides is 3. The van der Waals surface area contributed by atoms with Crippen molar-refractivity contribution in [2.45, 2.75) is 79.3 Å². The van der Waals surface area contributed by atoms with E-state index in [1.165, 1.54) is 12.1 Å². The molecule has 1 unspecified atom stereocenters. The smallest absolute Gasteiger partial charge is 0.327 e. The minimum absolute atomic E-state index is 0.118. The van der Waals surface area contributed by atoms with Gasteiger partial charge in [-0.3, -0.25) is 5.32 Å². The first-order valence-corrected chi connectivity index (χ1v) is 10.6. The Balaban J connectivity index is 2.37. The third kappa shape index (κ3) is 6.52. The van der Waals surface area contributed by atoms with Gasteiger partial charge in [-0.1, -0.05) is 40.7 Å². The third-order valence-corrected chi connectivity index (χ3v) is 5.70. The molecule has 1 aromatic rings. The summed E-state index contributed by atoms with van der Waals surface area (Å²) in [5.41, 5.74) is -0.786. The van der Waals surface area contributed by atoms with Crippen molar-refractivity contribution >= 4 is 11.7 Å². The highest BCUT2D eigenvalue weighted by molar-refractivity contribution is 6.09. The fourth-order valence-corrected chi connectivity index (χ4v) is 3.02. The Kier molecular flexibility index (Phi) is 7.66. The second-order valence-corrected chi connectivity index (χ2v) is 9.01. The standard InChI is InChI=1S/C22H34F3N5/c1-13(2)15(5)11-12-19-27-20(17-9-8-10-18(26-17)22(23,24)25)30-21(7,29-19)28-16(6)14(3)4/h8-10,13-16,28H,11-12H2,1-7H3,(H,27,29,30)/t15-,16+,21?/m1/s1. The molecule has 2 heterocycles. The maximum Gasteiger partial charge on any atom is 0.433 e. The molecular weight excluding hydrogens is 391 g/mol. The Morgan fingerprint density at radius 1 is 1.03 bits per heavy atom. The van der Waals surface area contributed by atoms with Gasteiger partial charge in [0.25, 0.3) is 0 Å². The fraction of sp³-hybridized carbons (Fsp3) is 0.682. The van der Waals surface area contributed by atoms with E-state index in [0.717, 1.165) is 12.5 Å². The molecular formula is C22H34F3N5. The first kappa shape index (κ1) is 24.3. The van der Waals surface area contributed by atoms with E-state index >= 15 is 0 Å². The molecule has 0 bridgehead atoms. The van der Waals surface area contributed by atoms with Crippen molar-refractivity contribution < 1.29 is 13.2 Å². The molecule has 0 saturated heterocycles. The van der Waals surface area contributed by atoms with Crippen LogP contribution in [0.1, 0.15) is 72.7 Å². The Hall–Kier alpha value is -1.96. The Morgan fingerprint density at radius 3 is 2.27 bits per heavy atom. The van der Waals surface area contributed by atoms with Crippen LogP contribution in [0, 0.1) is 17.8 Å². The minimum atomic E-state index is -4.51. The molecule has 168 valence electrons. The van der Waals surface area contributed by atoms with E-state index in [2.05, 4.69) is 55.2 Å². The number of pyridine rings is 1. The van der Waals surface area contributed by atoms with Gasteiger partial charge in [-0.25, -0.2) is 15.0 Å². The van der Waals surface area contributed by atoms with Gasteiger partial charge in [0, 0.05) is 12.5 Å². The maximum absolute atomic E-state index is 13.2. The normalized spacial score (nSPS) is 21.9. The number of aliphatic imine (C=N–C) groups is 2. The Labute approximate surface area is 177 Å². The molecule has 0 saturated carbocycles. The zero-order valence-corrected chi connectivity index (χ0v) is 18.9. The van der Waals surface area contributed by atoms with E-state index < -0.39 is 17.7 Å². The lowest BCUT2D eigenvalue weighted by Gasteiger charge is -2.33. The van der Waals surface area contributed by atoms with E-state index in [1.807, 2.05) is 13.8 Å². The Bertz CT molecular complexity index is 785. The lowest BCUT2D eigenvalue weighted by atomic mass is 9.93. The molecule has 0 aliphatic carbocycles. The van der Waals surface area contributed by atoms with Crippen LogP contribution in [0.2, 0.25) is 0 Å². The van der Waals surface area contributed by atoms with Gasteiger partial charge >= 0.3 is 6.18 Å². The lowest BCUT2D eigenvalue weighted by molar-refractivity contribution is -0.141. The van der Waals surface area contributed by atoms with Crippen LogP contribution in [0.5, 0.6) is 0 Å². The number of rotatable bonds is 8. The van der Waals surface area contributed by atoms with Gasteiger partial charge < -0.3 is 5.32 Å². The maximum atomic E-state index is 13.2. The highest BCUT2D eigenvalue weighted by atomic mass is 19.4. The number of aromatic nitrogens is 1. The minimum Gasteiger partial charge on any atom is -0.327 e. The summed E-state index contributed by atoms with van der Waals surface area (Å²) < 4.78 is 39.5. The third-order valence-electron chi connectivity index (χ3n) is 5.70. The summed E-state index contributed by atoms with van der Waals surface area (Å²) >= 11 is 0. The van der Waals surface area contributed by atoms with Crippen molar-refractivity contribution in [3.05, 3.63) is 29.6 Å². The average Bonchev–Trinajstić information content (AvgIpc) is 2.64. The quantitative estimate of drug-likeness (QED) is 0.600. The van der Waals surface area contributed by atoms with Crippen LogP contribution in [0.25, 0.3) is 0 Å². The number of amidine groups is 2. The number of hydrogen-bond acceptors (Lipinski definition) is 5. The first-order chi connectivity index (χ1) is 13.8. The van der Waals surface area contributed by atoms with Gasteiger partial charge in [0.2, 0.25) is 5.79 Å². The SMILES string of the molecule is CC(C)[C@H](C)CCC1=NC(C)(N[C@@H](C)C(C)C)N=C(c2cccc(C(F)(F)F)n2)N1. The molecule has 30 heavy (non-hydrogen) atoms. The molecule has 1 aliphatic heterocycles. The average molecular weight is 426 g/mol. The molecule has 0 radical (unpaired) electrons. The van der Waals surface area contributed by atoms with E-state index in [-0.39, 0.29) is 11.7 Å². The van der Waals surface area contributed by atoms with Crippen LogP contribution in [0.3, 0.4) is 0 Å². The molecule has 0 spiro atoms. The monoisotopic (exact) mass is 425 g/mol. The molecule has 2 rings (SSSR count). The van der Waals surface area contributed by atoms with Gasteiger partial charge in [-0.2, -0.15) is 13.2 Å². The molecule has 2 N–H and O–H groups in total. The summed E-state index contributed by atoms with van der Waals surface area (Å²) in [6.07, 6.45) is -2.91. The summed E-state index contributed by atoms with van der Waals surface area (Å²) in [5, 5.41) is 6.55. The van der Waals surface area contributed by atoms with Gasteiger partial charge in [-0.15, -0.1) is 0 Å². The van der Waals surface area contributed by atoms with Crippen LogP contribution in [-0.2, 0) is 6.18 Å². The zero-order valence-electron chi connectivity index (χ0n) is 18.9. The molecule has 0 amide bonds. The summed E-state index contributed by atoms with van der Waals surface area (Å²) in [4.78, 5) is 13.2. The second kappa shape index (κ2) is 9.45. The number of hydrogen-bond donors (Lipinski definition) is 2. The molecule has 3 atom stereocenters. The predicted molar refractivity (Wildman–Crippen MR) is 115 cm³/mol. The number of nitrogens with one attached hydrogen (secondary N) is 2. The molecule has 0 aromatic carbocycles. The zero-order chi connectivity index (χ0) is 22.7. The summed E-state index contributed by atoms with van der Waals surface area (Å²) in [6.45, 7) is 14.6. The molecule has 1 aliphatic rings. The van der Waals surface area contributed by atoms with Crippen molar-refractivity contribution in [3.63, 3.8) is 0 Å². The fourth-order valence-electron chi connectivity index (χ4n) is 3.02. The predicted octanol–water partition coefficient (Wildman–Crippen LogP) is 5.23. The first-order valence-electron chi connectivity index (χ1n) is 10.6. The van der Waals surface area contributed by atoms with Gasteiger partial charge in [0.05, 0.1) is 0 Å². The second-order valence-electron chi connectivity index (χ2n) is 9.01. The summed E-state index contributed by atoms with van der Waals surface area (Å²) in [7, 11) is 0. The Morgan fingerprint density at radius 2 is 1.70 bits per heavy atom. The summed E-state index contributed by atoms with van der Waals surface area (Å²) in [6, 6.07) is 3.97. The molecule has 5 nitrogen and oxygen atoms in total. The van der Waals surface area contributed by atoms with Crippen LogP contribution >= 0.6 is 0 Å². The molecule has 1 aromatic heterocycles. The largest absolute Gasteiger partial charge is 0.433 e. The highest BCUT2D eigenvalue weighted by Crippen LogP contribution is 2.28. The van der Waals surface area contributed by atoms with Crippen LogP contribution in [0.15, 0.2) is 28.2 Å². The van der Waals surface area contributed by atoms with Gasteiger partial charge in [-0.05, 0) is 50.2 Å². The number of halogens is 3. The van der Waals surface area contributed by atoms with Crippen molar-refractivity contribution in [2.24, 2.45) is 27.7 Å². The number of nitrogens with zero attached hydrogens (tertiary/aromatic N) is 3. The van der Waals surface area contributed by atoms with Crippen molar-refractivity contribution in [1.29, 1.82) is 0 Å². The van der Waals surface area contributed by atoms with E-state index in [1.54, 1.807) is 0 Å². The van der Waals surface area contributed by atoms with Gasteiger partial charge in [0.15, 0.2) is 5.84 Å².